The van der Waals surface area contributed by atoms with Gasteiger partial charge < -0.3 is 9.47 Å². The van der Waals surface area contributed by atoms with Crippen molar-refractivity contribution < 1.29 is 9.18 Å². The summed E-state index contributed by atoms with van der Waals surface area (Å²) in [6, 6.07) is 13.5. The van der Waals surface area contributed by atoms with E-state index in [0.717, 1.165) is 17.0 Å². The molecule has 0 N–H and O–H groups in total. The Labute approximate surface area is 178 Å². The van der Waals surface area contributed by atoms with Gasteiger partial charge in [-0.2, -0.15) is 0 Å². The summed E-state index contributed by atoms with van der Waals surface area (Å²) in [5, 5.41) is 9.90. The van der Waals surface area contributed by atoms with E-state index in [-0.39, 0.29) is 23.5 Å². The minimum absolute atomic E-state index is 0.0366. The van der Waals surface area contributed by atoms with Gasteiger partial charge in [-0.25, -0.2) is 4.39 Å². The van der Waals surface area contributed by atoms with Crippen molar-refractivity contribution >= 4 is 29.3 Å². The Balaban J connectivity index is 1.68. The predicted octanol–water partition coefficient (Wildman–Crippen LogP) is 5.07. The van der Waals surface area contributed by atoms with Crippen molar-refractivity contribution in [2.75, 3.05) is 12.8 Å². The van der Waals surface area contributed by atoms with Crippen LogP contribution in [0.3, 0.4) is 0 Å². The van der Waals surface area contributed by atoms with Crippen molar-refractivity contribution in [2.24, 2.45) is 0 Å². The Kier molecular flexibility index (Phi) is 6.92. The van der Waals surface area contributed by atoms with Crippen molar-refractivity contribution in [1.29, 1.82) is 0 Å². The maximum absolute atomic E-state index is 13.1. The first-order valence-electron chi connectivity index (χ1n) is 9.23. The lowest BCUT2D eigenvalue weighted by Gasteiger charge is -2.25. The Morgan fingerprint density at radius 3 is 2.45 bits per heavy atom. The van der Waals surface area contributed by atoms with E-state index in [9.17, 15) is 9.18 Å². The van der Waals surface area contributed by atoms with Crippen LogP contribution in [0.5, 0.6) is 0 Å². The summed E-state index contributed by atoms with van der Waals surface area (Å²) >= 11 is 7.32. The highest BCUT2D eigenvalue weighted by atomic mass is 35.5. The summed E-state index contributed by atoms with van der Waals surface area (Å²) in [4.78, 5) is 14.3. The maximum atomic E-state index is 13.1. The third kappa shape index (κ3) is 4.97. The summed E-state index contributed by atoms with van der Waals surface area (Å²) in [6.07, 6.45) is 0. The number of thioether (sulfide) groups is 1. The first kappa shape index (κ1) is 21.3. The smallest absolute Gasteiger partial charge is 0.233 e. The molecule has 0 bridgehead atoms. The van der Waals surface area contributed by atoms with E-state index in [0.29, 0.717) is 16.7 Å². The van der Waals surface area contributed by atoms with Gasteiger partial charge >= 0.3 is 0 Å². The fourth-order valence-electron chi connectivity index (χ4n) is 2.90. The van der Waals surface area contributed by atoms with E-state index >= 15 is 0 Å². The van der Waals surface area contributed by atoms with E-state index in [1.165, 1.54) is 23.9 Å². The van der Waals surface area contributed by atoms with Crippen LogP contribution < -0.4 is 0 Å². The molecule has 8 heteroatoms. The number of carbonyl (C=O) groups is 1. The van der Waals surface area contributed by atoms with E-state index in [1.54, 1.807) is 24.1 Å². The molecule has 3 rings (SSSR count). The summed E-state index contributed by atoms with van der Waals surface area (Å²) in [5.41, 5.74) is 1.80. The summed E-state index contributed by atoms with van der Waals surface area (Å²) < 4.78 is 15.1. The van der Waals surface area contributed by atoms with Crippen molar-refractivity contribution in [1.82, 2.24) is 19.7 Å². The SMILES string of the molecule is CCn1c(SCC(=O)N(C)C(C)c2ccc(F)cc2)nnc1-c1ccc(Cl)cc1. The maximum Gasteiger partial charge on any atom is 0.233 e. The largest absolute Gasteiger partial charge is 0.338 e. The molecule has 0 aliphatic carbocycles. The van der Waals surface area contributed by atoms with Gasteiger partial charge in [-0.05, 0) is 55.8 Å². The number of halogens is 2. The highest BCUT2D eigenvalue weighted by Gasteiger charge is 2.20. The first-order valence-corrected chi connectivity index (χ1v) is 10.6. The molecule has 1 unspecified atom stereocenters. The molecule has 1 amide bonds. The first-order chi connectivity index (χ1) is 13.9. The quantitative estimate of drug-likeness (QED) is 0.489. The van der Waals surface area contributed by atoms with E-state index in [1.807, 2.05) is 42.7 Å². The van der Waals surface area contributed by atoms with Crippen LogP contribution in [0.4, 0.5) is 4.39 Å². The normalized spacial score (nSPS) is 12.0. The average molecular weight is 433 g/mol. The molecule has 1 heterocycles. The minimum atomic E-state index is -0.291. The molecule has 0 saturated heterocycles. The molecule has 0 saturated carbocycles. The van der Waals surface area contributed by atoms with E-state index in [4.69, 9.17) is 11.6 Å². The number of carbonyl (C=O) groups excluding carboxylic acids is 1. The van der Waals surface area contributed by atoms with Gasteiger partial charge in [-0.3, -0.25) is 4.79 Å². The van der Waals surface area contributed by atoms with Crippen LogP contribution in [0.1, 0.15) is 25.5 Å². The third-order valence-electron chi connectivity index (χ3n) is 4.79. The highest BCUT2D eigenvalue weighted by Crippen LogP contribution is 2.26. The molecule has 1 aromatic heterocycles. The van der Waals surface area contributed by atoms with Gasteiger partial charge in [0.2, 0.25) is 5.91 Å². The Morgan fingerprint density at radius 1 is 1.17 bits per heavy atom. The average Bonchev–Trinajstić information content (AvgIpc) is 3.15. The van der Waals surface area contributed by atoms with Crippen LogP contribution in [0.2, 0.25) is 5.02 Å². The molecule has 0 radical (unpaired) electrons. The lowest BCUT2D eigenvalue weighted by molar-refractivity contribution is -0.128. The molecule has 2 aromatic carbocycles. The third-order valence-corrected chi connectivity index (χ3v) is 5.99. The number of hydrogen-bond acceptors (Lipinski definition) is 4. The minimum Gasteiger partial charge on any atom is -0.338 e. The molecule has 3 aromatic rings. The van der Waals surface area contributed by atoms with Crippen LogP contribution in [0.25, 0.3) is 11.4 Å². The van der Waals surface area contributed by atoms with Gasteiger partial charge in [-0.15, -0.1) is 10.2 Å². The Hall–Kier alpha value is -2.38. The van der Waals surface area contributed by atoms with Gasteiger partial charge in [0.05, 0.1) is 11.8 Å². The fraction of sp³-hybridized carbons (Fsp3) is 0.286. The lowest BCUT2D eigenvalue weighted by Crippen LogP contribution is -2.31. The molecular formula is C21H22ClFN4OS. The molecule has 0 aliphatic rings. The summed E-state index contributed by atoms with van der Waals surface area (Å²) in [5.74, 6) is 0.652. The molecule has 29 heavy (non-hydrogen) atoms. The number of nitrogens with zero attached hydrogens (tertiary/aromatic N) is 4. The molecule has 1 atom stereocenters. The topological polar surface area (TPSA) is 51.0 Å². The molecule has 0 spiro atoms. The van der Waals surface area contributed by atoms with E-state index in [2.05, 4.69) is 10.2 Å². The number of amides is 1. The number of hydrogen-bond donors (Lipinski definition) is 0. The standard InChI is InChI=1S/C21H22ClFN4OS/c1-4-27-20(16-5-9-17(22)10-6-16)24-25-21(27)29-13-19(28)26(3)14(2)15-7-11-18(23)12-8-15/h5-12,14H,4,13H2,1-3H3. The number of benzene rings is 2. The fourth-order valence-corrected chi connectivity index (χ4v) is 3.95. The monoisotopic (exact) mass is 432 g/mol. The van der Waals surface area contributed by atoms with Crippen LogP contribution >= 0.6 is 23.4 Å². The van der Waals surface area contributed by atoms with Crippen LogP contribution in [-0.2, 0) is 11.3 Å². The molecule has 0 fully saturated rings. The van der Waals surface area contributed by atoms with Gasteiger partial charge in [0, 0.05) is 24.2 Å². The zero-order valence-electron chi connectivity index (χ0n) is 16.5. The molecular weight excluding hydrogens is 411 g/mol. The zero-order valence-corrected chi connectivity index (χ0v) is 18.0. The number of rotatable bonds is 7. The van der Waals surface area contributed by atoms with E-state index < -0.39 is 0 Å². The zero-order chi connectivity index (χ0) is 21.0. The second-order valence-electron chi connectivity index (χ2n) is 6.58. The molecule has 152 valence electrons. The highest BCUT2D eigenvalue weighted by molar-refractivity contribution is 7.99. The Bertz CT molecular complexity index is 975. The van der Waals surface area contributed by atoms with Crippen LogP contribution in [-0.4, -0.2) is 38.4 Å². The summed E-state index contributed by atoms with van der Waals surface area (Å²) in [6.45, 7) is 4.61. The second kappa shape index (κ2) is 9.41. The van der Waals surface area contributed by atoms with Crippen molar-refractivity contribution in [3.63, 3.8) is 0 Å². The van der Waals surface area contributed by atoms with Crippen LogP contribution in [0.15, 0.2) is 53.7 Å². The Morgan fingerprint density at radius 2 is 1.83 bits per heavy atom. The molecule has 0 aliphatic heterocycles. The van der Waals surface area contributed by atoms with Crippen molar-refractivity contribution in [2.45, 2.75) is 31.6 Å². The van der Waals surface area contributed by atoms with Gasteiger partial charge in [0.25, 0.3) is 0 Å². The van der Waals surface area contributed by atoms with Gasteiger partial charge in [0.15, 0.2) is 11.0 Å². The van der Waals surface area contributed by atoms with Crippen molar-refractivity contribution in [3.8, 4) is 11.4 Å². The van der Waals surface area contributed by atoms with Crippen molar-refractivity contribution in [3.05, 3.63) is 64.9 Å². The van der Waals surface area contributed by atoms with Crippen LogP contribution in [0, 0.1) is 5.82 Å². The summed E-state index contributed by atoms with van der Waals surface area (Å²) in [7, 11) is 1.75. The lowest BCUT2D eigenvalue weighted by atomic mass is 10.1. The second-order valence-corrected chi connectivity index (χ2v) is 7.96. The predicted molar refractivity (Wildman–Crippen MR) is 114 cm³/mol. The van der Waals surface area contributed by atoms with Gasteiger partial charge in [0.1, 0.15) is 5.82 Å². The molecule has 5 nitrogen and oxygen atoms in total. The van der Waals surface area contributed by atoms with Gasteiger partial charge in [-0.1, -0.05) is 35.5 Å². The number of aromatic nitrogens is 3.